The van der Waals surface area contributed by atoms with Crippen LogP contribution >= 0.6 is 0 Å². The summed E-state index contributed by atoms with van der Waals surface area (Å²) >= 11 is 0. The van der Waals surface area contributed by atoms with E-state index in [1.165, 1.54) is 4.90 Å². The number of H-pyrrole nitrogens is 1. The minimum absolute atomic E-state index is 0. The molecule has 2 atom stereocenters. The first kappa shape index (κ1) is 38.4. The van der Waals surface area contributed by atoms with Crippen LogP contribution in [0.1, 0.15) is 18.0 Å². The Hall–Kier alpha value is -2.70. The molecule has 1 heterocycles. The molecule has 0 radical (unpaired) electrons. The number of nitrogens with two attached hydrogens (primary N) is 3. The maximum Gasteiger partial charge on any atom is 0.251 e. The summed E-state index contributed by atoms with van der Waals surface area (Å²) in [5.74, 6) is -1.39. The highest BCUT2D eigenvalue weighted by molar-refractivity contribution is 5.99. The summed E-state index contributed by atoms with van der Waals surface area (Å²) in [5, 5.41) is 6.45. The summed E-state index contributed by atoms with van der Waals surface area (Å²) in [7, 11) is 0. The number of fused-ring (bicyclic) bond motifs is 1. The van der Waals surface area contributed by atoms with Gasteiger partial charge in [0.15, 0.2) is 6.20 Å². The van der Waals surface area contributed by atoms with Gasteiger partial charge in [-0.25, -0.2) is 4.98 Å². The molecule has 216 valence electrons. The first-order valence-corrected chi connectivity index (χ1v) is 11.4. The zero-order valence-corrected chi connectivity index (χ0v) is 24.0. The van der Waals surface area contributed by atoms with Crippen LogP contribution in [0.3, 0.4) is 0 Å². The quantitative estimate of drug-likeness (QED) is 0.143. The lowest BCUT2D eigenvalue weighted by molar-refractivity contribution is -0.343. The number of carbonyl (C=O) groups is 3. The first-order chi connectivity index (χ1) is 16.9. The molecule has 0 saturated carbocycles. The highest BCUT2D eigenvalue weighted by atomic mass is 35.5. The highest BCUT2D eigenvalue weighted by Gasteiger charge is 2.28. The van der Waals surface area contributed by atoms with Crippen molar-refractivity contribution in [1.82, 2.24) is 10.2 Å². The van der Waals surface area contributed by atoms with E-state index in [1.807, 2.05) is 36.4 Å². The molecule has 9 N–H and O–H groups in total. The van der Waals surface area contributed by atoms with Crippen LogP contribution in [0.5, 0.6) is 0 Å². The van der Waals surface area contributed by atoms with Crippen molar-refractivity contribution in [2.24, 2.45) is 17.2 Å². The molecule has 0 saturated heterocycles. The summed E-state index contributed by atoms with van der Waals surface area (Å²) in [4.78, 5) is 43.3. The number of para-hydroxylation sites is 1. The molecule has 0 aliphatic carbocycles. The normalized spacial score (nSPS) is 11.3. The zero-order chi connectivity index (χ0) is 25.2. The van der Waals surface area contributed by atoms with Gasteiger partial charge in [-0.3, -0.25) is 14.4 Å². The van der Waals surface area contributed by atoms with Gasteiger partial charge in [-0.2, -0.15) is 0 Å². The fourth-order valence-electron chi connectivity index (χ4n) is 3.68. The largest absolute Gasteiger partial charge is 1.00 e. The van der Waals surface area contributed by atoms with Crippen LogP contribution in [0.2, 0.25) is 0 Å². The lowest BCUT2D eigenvalue weighted by atomic mass is 10.0. The molecule has 10 nitrogen and oxygen atoms in total. The minimum Gasteiger partial charge on any atom is -1.00 e. The van der Waals surface area contributed by atoms with Gasteiger partial charge < -0.3 is 82.4 Å². The number of pyridine rings is 1. The number of aromatic nitrogens is 1. The standard InChI is InChI=1S/C25H31N7O3.4ClH/c26-10-12-32(13-11-27)22(33)15-20(28)24(34)31-23(17-6-2-1-3-7-17)25(35)30-19-14-18-8-4-5-9-21(18)29-16-19;;;;/h1-9,14,16,20,23H,10-13,15,26-28H2,(H,30,35)(H,31,34);4*1H/p-3/t20-,23-;;;;/m0..../s1. The molecule has 0 fully saturated rings. The van der Waals surface area contributed by atoms with Gasteiger partial charge in [0.2, 0.25) is 17.3 Å². The summed E-state index contributed by atoms with van der Waals surface area (Å²) in [6, 6.07) is 16.2. The summed E-state index contributed by atoms with van der Waals surface area (Å²) < 4.78 is 0. The van der Waals surface area contributed by atoms with Crippen molar-refractivity contribution in [3.05, 3.63) is 72.4 Å². The van der Waals surface area contributed by atoms with Gasteiger partial charge in [0.25, 0.3) is 5.91 Å². The minimum atomic E-state index is -1.14. The van der Waals surface area contributed by atoms with Gasteiger partial charge in [-0.15, -0.1) is 0 Å². The molecule has 14 heteroatoms. The molecule has 3 rings (SSSR count). The number of rotatable bonds is 11. The van der Waals surface area contributed by atoms with Crippen LogP contribution in [-0.4, -0.2) is 54.8 Å². The number of amides is 3. The van der Waals surface area contributed by atoms with Gasteiger partial charge in [0.1, 0.15) is 11.7 Å². The lowest BCUT2D eigenvalue weighted by Crippen LogP contribution is -3.00. The number of hydrogen-bond donors (Lipinski definition) is 5. The predicted molar refractivity (Wildman–Crippen MR) is 134 cm³/mol. The van der Waals surface area contributed by atoms with Crippen molar-refractivity contribution in [1.29, 1.82) is 0 Å². The number of benzene rings is 2. The predicted octanol–water partition coefficient (Wildman–Crippen LogP) is -12.1. The Kier molecular flexibility index (Phi) is 19.1. The Labute approximate surface area is 252 Å². The number of hydrogen-bond acceptors (Lipinski definition) is 6. The fraction of sp³-hybridized carbons (Fsp3) is 0.280. The van der Waals surface area contributed by atoms with Gasteiger partial charge in [0, 0.05) is 37.6 Å². The van der Waals surface area contributed by atoms with Crippen molar-refractivity contribution >= 4 is 34.3 Å². The van der Waals surface area contributed by atoms with Gasteiger partial charge in [-0.05, 0) is 17.7 Å². The molecule has 0 bridgehead atoms. The molecular weight excluding hydrogens is 588 g/mol. The number of nitrogens with zero attached hydrogens (tertiary/aromatic N) is 1. The molecule has 0 spiro atoms. The molecule has 39 heavy (non-hydrogen) atoms. The third-order valence-corrected chi connectivity index (χ3v) is 5.49. The van der Waals surface area contributed by atoms with Crippen molar-refractivity contribution in [2.45, 2.75) is 18.5 Å². The summed E-state index contributed by atoms with van der Waals surface area (Å²) in [5.41, 5.74) is 19.2. The maximum absolute atomic E-state index is 13.2. The second-order valence-electron chi connectivity index (χ2n) is 8.09. The average molecular weight is 620 g/mol. The smallest absolute Gasteiger partial charge is 0.251 e. The van der Waals surface area contributed by atoms with Crippen molar-refractivity contribution in [2.75, 3.05) is 31.5 Å². The van der Waals surface area contributed by atoms with E-state index in [0.29, 0.717) is 24.3 Å². The molecule has 0 unspecified atom stereocenters. The number of nitrogens with one attached hydrogen (secondary N) is 3. The molecule has 2 aromatic carbocycles. The second-order valence-corrected chi connectivity index (χ2v) is 8.09. The van der Waals surface area contributed by atoms with Crippen LogP contribution < -0.4 is 82.4 Å². The van der Waals surface area contributed by atoms with E-state index < -0.39 is 23.9 Å². The van der Waals surface area contributed by atoms with Gasteiger partial charge in [-0.1, -0.05) is 42.5 Å². The van der Waals surface area contributed by atoms with Crippen LogP contribution in [0, 0.1) is 0 Å². The Balaban J connectivity index is 0. The number of halogens is 4. The zero-order valence-electron chi connectivity index (χ0n) is 21.0. The topological polar surface area (TPSA) is 171 Å². The van der Waals surface area contributed by atoms with E-state index in [9.17, 15) is 14.4 Å². The van der Waals surface area contributed by atoms with E-state index in [-0.39, 0.29) is 75.0 Å². The monoisotopic (exact) mass is 618 g/mol. The molecule has 0 aliphatic heterocycles. The highest BCUT2D eigenvalue weighted by Crippen LogP contribution is 2.18. The Bertz CT molecular complexity index is 1170. The third kappa shape index (κ3) is 11.1. The van der Waals surface area contributed by atoms with E-state index in [2.05, 4.69) is 15.6 Å². The number of anilines is 1. The number of carbonyl (C=O) groups excluding carboxylic acids is 3. The maximum atomic E-state index is 13.2. The Morgan fingerprint density at radius 2 is 1.44 bits per heavy atom. The summed E-state index contributed by atoms with van der Waals surface area (Å²) in [6.07, 6.45) is 1.45. The summed E-state index contributed by atoms with van der Waals surface area (Å²) in [6.45, 7) is 1.19. The number of aromatic amines is 1. The molecule has 3 amide bonds. The van der Waals surface area contributed by atoms with Crippen LogP contribution in [0.4, 0.5) is 5.69 Å². The Morgan fingerprint density at radius 1 is 0.846 bits per heavy atom. The van der Waals surface area contributed by atoms with Gasteiger partial charge >= 0.3 is 0 Å². The Morgan fingerprint density at radius 3 is 2.05 bits per heavy atom. The van der Waals surface area contributed by atoms with Crippen LogP contribution in [-0.2, 0) is 14.4 Å². The van der Waals surface area contributed by atoms with E-state index in [1.54, 1.807) is 30.5 Å². The van der Waals surface area contributed by atoms with E-state index in [4.69, 9.17) is 17.2 Å². The SMILES string of the molecule is NCCN(CCN)C(=O)C[C@H](N)C(=O)N[C@H](C(=O)Nc1c[nH+]c2ccccc2c1)c1ccccc1.[Cl-].[Cl-].[Cl-].[Cl-]. The average Bonchev–Trinajstić information content (AvgIpc) is 2.87. The first-order valence-electron chi connectivity index (χ1n) is 11.4. The van der Waals surface area contributed by atoms with Crippen molar-refractivity contribution < 1.29 is 69.0 Å². The molecule has 1 aromatic heterocycles. The fourth-order valence-corrected chi connectivity index (χ4v) is 3.68. The van der Waals surface area contributed by atoms with Crippen LogP contribution in [0.15, 0.2) is 66.9 Å². The van der Waals surface area contributed by atoms with Crippen LogP contribution in [0.25, 0.3) is 10.9 Å². The van der Waals surface area contributed by atoms with E-state index >= 15 is 0 Å². The van der Waals surface area contributed by atoms with Gasteiger partial charge in [0.05, 0.1) is 12.5 Å². The van der Waals surface area contributed by atoms with Crippen molar-refractivity contribution in [3.63, 3.8) is 0 Å². The van der Waals surface area contributed by atoms with Crippen molar-refractivity contribution in [3.8, 4) is 0 Å². The third-order valence-electron chi connectivity index (χ3n) is 5.49. The lowest BCUT2D eigenvalue weighted by Gasteiger charge is -2.24. The molecular formula is C25H32Cl4N7O3-3. The molecule has 3 aromatic rings. The van der Waals surface area contributed by atoms with E-state index in [0.717, 1.165) is 10.9 Å². The molecule has 0 aliphatic rings. The second kappa shape index (κ2) is 19.4.